The van der Waals surface area contributed by atoms with Crippen LogP contribution in [0.3, 0.4) is 0 Å². The molecule has 0 bridgehead atoms. The Balaban J connectivity index is 2.19. The fourth-order valence-corrected chi connectivity index (χ4v) is 2.47. The maximum atomic E-state index is 12.5. The van der Waals surface area contributed by atoms with Crippen molar-refractivity contribution in [3.05, 3.63) is 28.4 Å². The topological polar surface area (TPSA) is 79.3 Å². The molecule has 0 amide bonds. The summed E-state index contributed by atoms with van der Waals surface area (Å²) in [7, 11) is 1.79. The molecule has 110 valence electrons. The molecule has 0 spiro atoms. The predicted octanol–water partition coefficient (Wildman–Crippen LogP) is 1.35. The zero-order valence-corrected chi connectivity index (χ0v) is 12.0. The van der Waals surface area contributed by atoms with Gasteiger partial charge in [0.25, 0.3) is 5.56 Å². The largest absolute Gasteiger partial charge is 0.465 e. The number of aryl methyl sites for hydroxylation is 2. The number of esters is 1. The number of aromatic nitrogens is 3. The van der Waals surface area contributed by atoms with Crippen molar-refractivity contribution in [2.24, 2.45) is 7.05 Å². The normalized spacial score (nSPS) is 11.4. The molecule has 0 radical (unpaired) electrons. The second kappa shape index (κ2) is 4.76. The molecule has 0 aliphatic heterocycles. The van der Waals surface area contributed by atoms with E-state index in [2.05, 4.69) is 5.10 Å². The summed E-state index contributed by atoms with van der Waals surface area (Å²) >= 11 is 0. The number of furan rings is 1. The lowest BCUT2D eigenvalue weighted by Gasteiger charge is -2.05. The monoisotopic (exact) mass is 289 g/mol. The van der Waals surface area contributed by atoms with Gasteiger partial charge in [-0.3, -0.25) is 9.59 Å². The summed E-state index contributed by atoms with van der Waals surface area (Å²) in [6, 6.07) is 1.87. The van der Waals surface area contributed by atoms with Crippen molar-refractivity contribution in [2.45, 2.75) is 20.4 Å². The Morgan fingerprint density at radius 2 is 2.24 bits per heavy atom. The van der Waals surface area contributed by atoms with E-state index in [0.29, 0.717) is 16.5 Å². The highest BCUT2D eigenvalue weighted by atomic mass is 16.5. The summed E-state index contributed by atoms with van der Waals surface area (Å²) in [5.41, 5.74) is 1.59. The first-order valence-corrected chi connectivity index (χ1v) is 6.63. The van der Waals surface area contributed by atoms with Gasteiger partial charge in [-0.05, 0) is 13.8 Å². The average Bonchev–Trinajstić information content (AvgIpc) is 2.92. The van der Waals surface area contributed by atoms with Crippen LogP contribution in [-0.2, 0) is 23.1 Å². The maximum absolute atomic E-state index is 12.5. The third-order valence-electron chi connectivity index (χ3n) is 3.38. The Morgan fingerprint density at radius 1 is 1.48 bits per heavy atom. The molecule has 0 saturated heterocycles. The van der Waals surface area contributed by atoms with Crippen molar-refractivity contribution < 1.29 is 13.9 Å². The van der Waals surface area contributed by atoms with Gasteiger partial charge in [0.2, 0.25) is 0 Å². The molecule has 3 aromatic rings. The molecule has 21 heavy (non-hydrogen) atoms. The highest BCUT2D eigenvalue weighted by Crippen LogP contribution is 2.27. The molecular weight excluding hydrogens is 274 g/mol. The average molecular weight is 289 g/mol. The van der Waals surface area contributed by atoms with Gasteiger partial charge in [-0.2, -0.15) is 5.10 Å². The van der Waals surface area contributed by atoms with Gasteiger partial charge >= 0.3 is 5.97 Å². The first-order valence-electron chi connectivity index (χ1n) is 6.63. The van der Waals surface area contributed by atoms with Crippen molar-refractivity contribution in [1.82, 2.24) is 14.3 Å². The second-order valence-corrected chi connectivity index (χ2v) is 4.81. The van der Waals surface area contributed by atoms with Gasteiger partial charge in [-0.1, -0.05) is 0 Å². The van der Waals surface area contributed by atoms with Gasteiger partial charge in [-0.25, -0.2) is 4.68 Å². The molecule has 3 rings (SSSR count). The molecule has 0 unspecified atom stereocenters. The van der Waals surface area contributed by atoms with Crippen LogP contribution in [0.15, 0.2) is 21.5 Å². The molecular formula is C14H15N3O4. The smallest absolute Gasteiger partial charge is 0.327 e. The van der Waals surface area contributed by atoms with Crippen LogP contribution in [0, 0.1) is 6.92 Å². The number of ether oxygens (including phenoxy) is 1. The van der Waals surface area contributed by atoms with E-state index in [1.807, 2.05) is 13.0 Å². The van der Waals surface area contributed by atoms with Crippen LogP contribution in [0.2, 0.25) is 0 Å². The first kappa shape index (κ1) is 13.4. The van der Waals surface area contributed by atoms with Gasteiger partial charge < -0.3 is 13.7 Å². The molecule has 7 nitrogen and oxygen atoms in total. The third-order valence-corrected chi connectivity index (χ3v) is 3.38. The quantitative estimate of drug-likeness (QED) is 0.680. The maximum Gasteiger partial charge on any atom is 0.327 e. The number of fused-ring (bicyclic) bond motifs is 3. The molecule has 0 aliphatic rings. The highest BCUT2D eigenvalue weighted by Gasteiger charge is 2.18. The Labute approximate surface area is 119 Å². The SMILES string of the molecule is CCOC(=O)Cn1ncc2c3oc(C)cc3n(C)c2c1=O. The number of hydrogen-bond donors (Lipinski definition) is 0. The van der Waals surface area contributed by atoms with E-state index in [9.17, 15) is 9.59 Å². The number of hydrogen-bond acceptors (Lipinski definition) is 5. The van der Waals surface area contributed by atoms with Crippen molar-refractivity contribution in [3.63, 3.8) is 0 Å². The van der Waals surface area contributed by atoms with Gasteiger partial charge in [0, 0.05) is 13.1 Å². The number of carbonyl (C=O) groups excluding carboxylic acids is 1. The van der Waals surface area contributed by atoms with Crippen molar-refractivity contribution >= 4 is 28.0 Å². The first-order chi connectivity index (χ1) is 10.0. The molecule has 3 heterocycles. The van der Waals surface area contributed by atoms with E-state index in [0.717, 1.165) is 16.0 Å². The van der Waals surface area contributed by atoms with Crippen molar-refractivity contribution in [3.8, 4) is 0 Å². The summed E-state index contributed by atoms with van der Waals surface area (Å²) in [5, 5.41) is 4.68. The lowest BCUT2D eigenvalue weighted by molar-refractivity contribution is -0.144. The minimum atomic E-state index is -0.486. The van der Waals surface area contributed by atoms with Crippen molar-refractivity contribution in [2.75, 3.05) is 6.61 Å². The number of carbonyl (C=O) groups is 1. The van der Waals surface area contributed by atoms with Crippen LogP contribution in [0.4, 0.5) is 0 Å². The minimum absolute atomic E-state index is 0.200. The van der Waals surface area contributed by atoms with Crippen LogP contribution in [-0.4, -0.2) is 26.9 Å². The molecule has 0 aromatic carbocycles. The van der Waals surface area contributed by atoms with E-state index in [-0.39, 0.29) is 18.7 Å². The molecule has 0 aliphatic carbocycles. The van der Waals surface area contributed by atoms with E-state index >= 15 is 0 Å². The van der Waals surface area contributed by atoms with Crippen LogP contribution >= 0.6 is 0 Å². The standard InChI is InChI=1S/C14H15N3O4/c1-4-20-11(18)7-17-14(19)12-9(6-15-17)13-10(16(12)3)5-8(2)21-13/h5-6H,4,7H2,1-3H3. The van der Waals surface area contributed by atoms with E-state index in [1.165, 1.54) is 0 Å². The number of nitrogens with zero attached hydrogens (tertiary/aromatic N) is 3. The predicted molar refractivity (Wildman–Crippen MR) is 76.1 cm³/mol. The lowest BCUT2D eigenvalue weighted by atomic mass is 10.3. The molecule has 7 heteroatoms. The fourth-order valence-electron chi connectivity index (χ4n) is 2.47. The van der Waals surface area contributed by atoms with Crippen LogP contribution in [0.25, 0.3) is 22.0 Å². The zero-order chi connectivity index (χ0) is 15.1. The highest BCUT2D eigenvalue weighted by molar-refractivity contribution is 6.04. The minimum Gasteiger partial charge on any atom is -0.465 e. The Morgan fingerprint density at radius 3 is 2.95 bits per heavy atom. The molecule has 0 N–H and O–H groups in total. The summed E-state index contributed by atoms with van der Waals surface area (Å²) in [5.74, 6) is 0.286. The van der Waals surface area contributed by atoms with E-state index in [4.69, 9.17) is 9.15 Å². The summed E-state index contributed by atoms with van der Waals surface area (Å²) in [6.07, 6.45) is 1.54. The molecule has 0 fully saturated rings. The summed E-state index contributed by atoms with van der Waals surface area (Å²) in [4.78, 5) is 24.0. The number of rotatable bonds is 3. The Bertz CT molecular complexity index is 900. The van der Waals surface area contributed by atoms with Gasteiger partial charge in [0.05, 0.1) is 23.7 Å². The third kappa shape index (κ3) is 2.01. The van der Waals surface area contributed by atoms with Gasteiger partial charge in [-0.15, -0.1) is 0 Å². The van der Waals surface area contributed by atoms with E-state index < -0.39 is 5.97 Å². The lowest BCUT2D eigenvalue weighted by Crippen LogP contribution is -2.28. The molecule has 0 saturated carbocycles. The Hall–Kier alpha value is -2.57. The second-order valence-electron chi connectivity index (χ2n) is 4.81. The van der Waals surface area contributed by atoms with Crippen LogP contribution in [0.1, 0.15) is 12.7 Å². The van der Waals surface area contributed by atoms with Crippen LogP contribution in [0.5, 0.6) is 0 Å². The van der Waals surface area contributed by atoms with Crippen LogP contribution < -0.4 is 5.56 Å². The van der Waals surface area contributed by atoms with E-state index in [1.54, 1.807) is 24.7 Å². The van der Waals surface area contributed by atoms with Gasteiger partial charge in [0.15, 0.2) is 5.58 Å². The molecule has 0 atom stereocenters. The fraction of sp³-hybridized carbons (Fsp3) is 0.357. The zero-order valence-electron chi connectivity index (χ0n) is 12.0. The van der Waals surface area contributed by atoms with Crippen molar-refractivity contribution in [1.29, 1.82) is 0 Å². The molecule has 3 aromatic heterocycles. The Kier molecular flexibility index (Phi) is 3.04. The summed E-state index contributed by atoms with van der Waals surface area (Å²) in [6.45, 7) is 3.63. The summed E-state index contributed by atoms with van der Waals surface area (Å²) < 4.78 is 13.3. The van der Waals surface area contributed by atoms with Gasteiger partial charge in [0.1, 0.15) is 17.8 Å².